The van der Waals surface area contributed by atoms with E-state index in [0.29, 0.717) is 0 Å². The summed E-state index contributed by atoms with van der Waals surface area (Å²) in [6.07, 6.45) is 3.35. The molecular weight excluding hydrogens is 286 g/mol. The first kappa shape index (κ1) is 17.2. The minimum Gasteiger partial charge on any atom is -0.776 e. The largest absolute Gasteiger partial charge is 2.00 e. The van der Waals surface area contributed by atoms with Gasteiger partial charge in [0.1, 0.15) is 0 Å². The molecule has 17 heavy (non-hydrogen) atoms. The molecule has 2 atom stereocenters. The van der Waals surface area contributed by atoms with Crippen molar-refractivity contribution < 1.29 is 33.8 Å². The van der Waals surface area contributed by atoms with Crippen LogP contribution >= 0.6 is 15.2 Å². The van der Waals surface area contributed by atoms with Crippen molar-refractivity contribution in [2.45, 2.75) is 11.6 Å². The van der Waals surface area contributed by atoms with Crippen molar-refractivity contribution in [2.75, 3.05) is 0 Å². The standard InChI is InChI=1S/C5H10N2O7P2.Mg/c8-5(15(9,10)11,16(12,13)14)3-7-2-1-6-4-7;/h1-2,4,8H,3H2,(H2,9,10,11)(H2,12,13,14);/q;+2/p-2. The molecular formula is C5H8MgN2O7P2. The number of nitrogens with zero attached hydrogens (tertiary/aromatic N) is 2. The predicted molar refractivity (Wildman–Crippen MR) is 52.6 cm³/mol. The Morgan fingerprint density at radius 1 is 1.29 bits per heavy atom. The third kappa shape index (κ3) is 3.60. The predicted octanol–water partition coefficient (Wildman–Crippen LogP) is -2.76. The molecule has 0 spiro atoms. The first-order valence-electron chi connectivity index (χ1n) is 3.84. The first-order chi connectivity index (χ1) is 7.08. The molecule has 0 aliphatic heterocycles. The van der Waals surface area contributed by atoms with E-state index in [2.05, 4.69) is 4.98 Å². The summed E-state index contributed by atoms with van der Waals surface area (Å²) in [6.45, 7) is -1.08. The van der Waals surface area contributed by atoms with E-state index in [1.54, 1.807) is 0 Å². The van der Waals surface area contributed by atoms with Gasteiger partial charge in [0, 0.05) is 12.4 Å². The second-order valence-electron chi connectivity index (χ2n) is 3.05. The van der Waals surface area contributed by atoms with Crippen LogP contribution in [-0.4, -0.2) is 52.6 Å². The summed E-state index contributed by atoms with van der Waals surface area (Å²) in [4.78, 5) is 42.4. The van der Waals surface area contributed by atoms with Crippen LogP contribution in [0.5, 0.6) is 0 Å². The zero-order chi connectivity index (χ0) is 12.6. The van der Waals surface area contributed by atoms with Gasteiger partial charge in [-0.3, -0.25) is 0 Å². The van der Waals surface area contributed by atoms with E-state index in [0.717, 1.165) is 17.1 Å². The van der Waals surface area contributed by atoms with Crippen LogP contribution in [-0.2, 0) is 15.7 Å². The molecule has 9 nitrogen and oxygen atoms in total. The quantitative estimate of drug-likeness (QED) is 0.398. The van der Waals surface area contributed by atoms with Crippen molar-refractivity contribution in [3.63, 3.8) is 0 Å². The van der Waals surface area contributed by atoms with Gasteiger partial charge in [0.25, 0.3) is 0 Å². The molecule has 0 radical (unpaired) electrons. The van der Waals surface area contributed by atoms with Crippen molar-refractivity contribution in [3.05, 3.63) is 18.7 Å². The zero-order valence-electron chi connectivity index (χ0n) is 8.41. The number of hydrogen-bond acceptors (Lipinski definition) is 6. The summed E-state index contributed by atoms with van der Waals surface area (Å²) in [7, 11) is -11.4. The Morgan fingerprint density at radius 2 is 1.76 bits per heavy atom. The molecule has 0 aromatic carbocycles. The average Bonchev–Trinajstić information content (AvgIpc) is 2.52. The number of hydrogen-bond donors (Lipinski definition) is 3. The van der Waals surface area contributed by atoms with Crippen molar-refractivity contribution in [1.29, 1.82) is 0 Å². The fourth-order valence-electron chi connectivity index (χ4n) is 0.964. The molecule has 1 heterocycles. The van der Waals surface area contributed by atoms with E-state index in [1.165, 1.54) is 6.20 Å². The van der Waals surface area contributed by atoms with Gasteiger partial charge in [-0.2, -0.15) is 0 Å². The molecule has 12 heteroatoms. The van der Waals surface area contributed by atoms with Gasteiger partial charge in [-0.05, 0) is 0 Å². The van der Waals surface area contributed by atoms with E-state index >= 15 is 0 Å². The Kier molecular flexibility index (Phi) is 5.55. The second-order valence-corrected chi connectivity index (χ2v) is 6.96. The van der Waals surface area contributed by atoms with Crippen LogP contribution in [0.25, 0.3) is 0 Å². The average molecular weight is 294 g/mol. The maximum absolute atomic E-state index is 10.8. The van der Waals surface area contributed by atoms with Gasteiger partial charge in [0.15, 0.2) is 15.2 Å². The normalized spacial score (nSPS) is 21.7. The molecule has 1 rings (SSSR count). The Hall–Kier alpha value is 0.236. The molecule has 0 bridgehead atoms. The molecule has 0 amide bonds. The van der Waals surface area contributed by atoms with Crippen molar-refractivity contribution in [3.8, 4) is 0 Å². The SMILES string of the molecule is O=P([O-])(O)C(O)(Cn1ccnc1)P(=O)([O-])O.[Mg+2]. The summed E-state index contributed by atoms with van der Waals surface area (Å²) in [5.41, 5.74) is 0. The first-order valence-corrected chi connectivity index (χ1v) is 6.99. The Labute approximate surface area is 112 Å². The molecule has 0 aliphatic rings. The summed E-state index contributed by atoms with van der Waals surface area (Å²) >= 11 is 0. The summed E-state index contributed by atoms with van der Waals surface area (Å²) in [5, 5.41) is 5.69. The number of imidazole rings is 1. The van der Waals surface area contributed by atoms with Crippen LogP contribution < -0.4 is 9.79 Å². The molecule has 1 aromatic rings. The van der Waals surface area contributed by atoms with E-state index < -0.39 is 26.8 Å². The van der Waals surface area contributed by atoms with Gasteiger partial charge in [-0.25, -0.2) is 4.98 Å². The summed E-state index contributed by atoms with van der Waals surface area (Å²) in [6, 6.07) is 0. The van der Waals surface area contributed by atoms with Crippen LogP contribution in [0.4, 0.5) is 0 Å². The van der Waals surface area contributed by atoms with E-state index in [4.69, 9.17) is 9.79 Å². The van der Waals surface area contributed by atoms with Crippen LogP contribution in [0.1, 0.15) is 0 Å². The minimum atomic E-state index is -5.72. The van der Waals surface area contributed by atoms with Crippen LogP contribution in [0.15, 0.2) is 18.7 Å². The van der Waals surface area contributed by atoms with Crippen molar-refractivity contribution in [2.24, 2.45) is 0 Å². The Bertz CT molecular complexity index is 429. The molecule has 0 saturated heterocycles. The zero-order valence-corrected chi connectivity index (χ0v) is 11.6. The molecule has 0 fully saturated rings. The molecule has 1 aromatic heterocycles. The third-order valence-electron chi connectivity index (χ3n) is 1.86. The van der Waals surface area contributed by atoms with E-state index in [9.17, 15) is 24.0 Å². The maximum Gasteiger partial charge on any atom is 2.00 e. The summed E-state index contributed by atoms with van der Waals surface area (Å²) in [5.74, 6) is 0. The Balaban J connectivity index is 0.00000256. The van der Waals surface area contributed by atoms with Gasteiger partial charge in [0.05, 0.1) is 12.9 Å². The van der Waals surface area contributed by atoms with Gasteiger partial charge in [-0.1, -0.05) is 0 Å². The van der Waals surface area contributed by atoms with Crippen LogP contribution in [0.2, 0.25) is 0 Å². The van der Waals surface area contributed by atoms with E-state index in [-0.39, 0.29) is 23.1 Å². The third-order valence-corrected chi connectivity index (χ3v) is 5.47. The number of aromatic nitrogens is 2. The maximum atomic E-state index is 10.8. The van der Waals surface area contributed by atoms with Gasteiger partial charge in [0.2, 0.25) is 5.08 Å². The van der Waals surface area contributed by atoms with Crippen molar-refractivity contribution in [1.82, 2.24) is 9.55 Å². The van der Waals surface area contributed by atoms with Crippen LogP contribution in [0, 0.1) is 0 Å². The van der Waals surface area contributed by atoms with E-state index in [1.807, 2.05) is 0 Å². The Morgan fingerprint density at radius 3 is 2.06 bits per heavy atom. The second kappa shape index (κ2) is 5.48. The molecule has 0 saturated carbocycles. The van der Waals surface area contributed by atoms with Gasteiger partial charge >= 0.3 is 23.1 Å². The number of rotatable bonds is 4. The molecule has 2 unspecified atom stereocenters. The monoisotopic (exact) mass is 294 g/mol. The number of aliphatic hydroxyl groups is 1. The fraction of sp³-hybridized carbons (Fsp3) is 0.400. The van der Waals surface area contributed by atoms with Gasteiger partial charge in [-0.15, -0.1) is 0 Å². The topological polar surface area (TPSA) is 159 Å². The van der Waals surface area contributed by atoms with Crippen molar-refractivity contribution >= 4 is 38.2 Å². The molecule has 3 N–H and O–H groups in total. The van der Waals surface area contributed by atoms with Gasteiger partial charge < -0.3 is 38.4 Å². The molecule has 92 valence electrons. The van der Waals surface area contributed by atoms with Crippen LogP contribution in [0.3, 0.4) is 0 Å². The smallest absolute Gasteiger partial charge is 0.776 e. The molecule has 0 aliphatic carbocycles. The minimum absolute atomic E-state index is 0. The summed E-state index contributed by atoms with van der Waals surface area (Å²) < 4.78 is 22.5. The fourth-order valence-corrected chi connectivity index (χ4v) is 2.93.